The molecular weight excluding hydrogens is 456 g/mol. The van der Waals surface area contributed by atoms with Gasteiger partial charge in [-0.15, -0.1) is 0 Å². The third-order valence-corrected chi connectivity index (χ3v) is 6.69. The smallest absolute Gasteiger partial charge is 0.236 e. The Kier molecular flexibility index (Phi) is 7.85. The normalized spacial score (nSPS) is 17.4. The van der Waals surface area contributed by atoms with E-state index in [0.717, 1.165) is 10.0 Å². The third kappa shape index (κ3) is 6.94. The van der Waals surface area contributed by atoms with E-state index in [-0.39, 0.29) is 6.61 Å². The third-order valence-electron chi connectivity index (χ3n) is 4.63. The maximum atomic E-state index is 12.5. The molecule has 29 heavy (non-hydrogen) atoms. The minimum absolute atomic E-state index is 0.189. The molecule has 1 heterocycles. The number of aliphatic hydroxyl groups excluding tert-OH is 1. The van der Waals surface area contributed by atoms with E-state index in [2.05, 4.69) is 20.8 Å². The van der Waals surface area contributed by atoms with Crippen molar-refractivity contribution < 1.29 is 18.3 Å². The van der Waals surface area contributed by atoms with Gasteiger partial charge in [-0.3, -0.25) is 4.90 Å². The topological polar surface area (TPSA) is 70.1 Å². The van der Waals surface area contributed by atoms with Crippen LogP contribution in [-0.4, -0.2) is 68.2 Å². The largest absolute Gasteiger partial charge is 0.491 e. The van der Waals surface area contributed by atoms with Gasteiger partial charge in [-0.2, -0.15) is 4.31 Å². The zero-order valence-electron chi connectivity index (χ0n) is 16.0. The number of aliphatic hydroxyl groups is 1. The summed E-state index contributed by atoms with van der Waals surface area (Å²) in [5, 5.41) is 11.5. The fraction of sp³-hybridized carbons (Fsp3) is 0.333. The first-order valence-electron chi connectivity index (χ1n) is 9.44. The number of piperazine rings is 1. The Labute approximate surface area is 180 Å². The van der Waals surface area contributed by atoms with Gasteiger partial charge in [0.05, 0.1) is 0 Å². The Morgan fingerprint density at radius 2 is 1.79 bits per heavy atom. The predicted molar refractivity (Wildman–Crippen MR) is 118 cm³/mol. The molecule has 0 radical (unpaired) electrons. The molecule has 0 amide bonds. The van der Waals surface area contributed by atoms with E-state index in [9.17, 15) is 13.5 Å². The Hall–Kier alpha value is -1.71. The fourth-order valence-electron chi connectivity index (χ4n) is 3.08. The SMILES string of the molecule is O=S(=O)(C=Cc1ccccc1)N1CCN(CC(O)COc2cccc(Br)c2)CC1. The molecule has 1 aliphatic heterocycles. The number of nitrogens with zero attached hydrogens (tertiary/aromatic N) is 2. The lowest BCUT2D eigenvalue weighted by Crippen LogP contribution is -2.50. The Bertz CT molecular complexity index is 913. The number of β-amino-alcohol motifs (C(OH)–C–C–N with tert-alkyl or cyclic N) is 1. The predicted octanol–water partition coefficient (Wildman–Crippen LogP) is 2.81. The van der Waals surface area contributed by atoms with Crippen molar-refractivity contribution in [3.05, 3.63) is 70.0 Å². The van der Waals surface area contributed by atoms with Crippen LogP contribution in [-0.2, 0) is 10.0 Å². The van der Waals surface area contributed by atoms with Crippen LogP contribution in [0.1, 0.15) is 5.56 Å². The lowest BCUT2D eigenvalue weighted by atomic mass is 10.2. The summed E-state index contributed by atoms with van der Waals surface area (Å²) in [5.41, 5.74) is 0.850. The molecular formula is C21H25BrN2O4S. The average Bonchev–Trinajstić information content (AvgIpc) is 2.72. The van der Waals surface area contributed by atoms with Crippen LogP contribution in [0.2, 0.25) is 0 Å². The molecule has 0 aromatic heterocycles. The number of ether oxygens (including phenoxy) is 1. The molecule has 0 bridgehead atoms. The highest BCUT2D eigenvalue weighted by molar-refractivity contribution is 9.10. The Morgan fingerprint density at radius 1 is 1.07 bits per heavy atom. The van der Waals surface area contributed by atoms with Crippen LogP contribution < -0.4 is 4.74 Å². The minimum atomic E-state index is -3.45. The van der Waals surface area contributed by atoms with Crippen molar-refractivity contribution >= 4 is 32.0 Å². The highest BCUT2D eigenvalue weighted by Gasteiger charge is 2.26. The van der Waals surface area contributed by atoms with Crippen molar-refractivity contribution in [2.75, 3.05) is 39.3 Å². The standard InChI is InChI=1S/C21H25BrN2O4S/c22-19-7-4-8-21(15-19)28-17-20(25)16-23-10-12-24(13-11-23)29(26,27)14-9-18-5-2-1-3-6-18/h1-9,14-15,20,25H,10-13,16-17H2. The van der Waals surface area contributed by atoms with E-state index in [0.29, 0.717) is 38.5 Å². The zero-order valence-corrected chi connectivity index (χ0v) is 18.4. The van der Waals surface area contributed by atoms with Gasteiger partial charge >= 0.3 is 0 Å². The first-order chi connectivity index (χ1) is 13.9. The van der Waals surface area contributed by atoms with Crippen molar-refractivity contribution in [3.63, 3.8) is 0 Å². The summed E-state index contributed by atoms with van der Waals surface area (Å²) in [5.74, 6) is 0.694. The summed E-state index contributed by atoms with van der Waals surface area (Å²) in [6, 6.07) is 16.8. The van der Waals surface area contributed by atoms with Gasteiger partial charge in [0.25, 0.3) is 0 Å². The first kappa shape index (κ1) is 22.0. The molecule has 1 N–H and O–H groups in total. The van der Waals surface area contributed by atoms with Gasteiger partial charge in [0.2, 0.25) is 10.0 Å². The monoisotopic (exact) mass is 480 g/mol. The van der Waals surface area contributed by atoms with Crippen LogP contribution in [0.4, 0.5) is 0 Å². The first-order valence-corrected chi connectivity index (χ1v) is 11.7. The van der Waals surface area contributed by atoms with Gasteiger partial charge in [0.1, 0.15) is 18.5 Å². The van der Waals surface area contributed by atoms with Crippen molar-refractivity contribution in [2.24, 2.45) is 0 Å². The van der Waals surface area contributed by atoms with Crippen LogP contribution in [0, 0.1) is 0 Å². The van der Waals surface area contributed by atoms with Gasteiger partial charge < -0.3 is 9.84 Å². The Morgan fingerprint density at radius 3 is 2.48 bits per heavy atom. The quantitative estimate of drug-likeness (QED) is 0.628. The lowest BCUT2D eigenvalue weighted by Gasteiger charge is -2.34. The zero-order chi connectivity index (χ0) is 20.7. The van der Waals surface area contributed by atoms with Gasteiger partial charge in [0.15, 0.2) is 0 Å². The molecule has 3 rings (SSSR count). The molecule has 2 aromatic carbocycles. The fourth-order valence-corrected chi connectivity index (χ4v) is 4.63. The summed E-state index contributed by atoms with van der Waals surface area (Å²) < 4.78 is 33.1. The minimum Gasteiger partial charge on any atom is -0.491 e. The second-order valence-electron chi connectivity index (χ2n) is 6.88. The number of sulfonamides is 1. The summed E-state index contributed by atoms with van der Waals surface area (Å²) in [4.78, 5) is 2.06. The van der Waals surface area contributed by atoms with E-state index in [1.54, 1.807) is 6.08 Å². The average molecular weight is 481 g/mol. The molecule has 156 valence electrons. The molecule has 1 saturated heterocycles. The van der Waals surface area contributed by atoms with E-state index < -0.39 is 16.1 Å². The van der Waals surface area contributed by atoms with Crippen LogP contribution >= 0.6 is 15.9 Å². The maximum Gasteiger partial charge on any atom is 0.236 e. The van der Waals surface area contributed by atoms with Gasteiger partial charge in [-0.05, 0) is 29.8 Å². The molecule has 6 nitrogen and oxygen atoms in total. The highest BCUT2D eigenvalue weighted by Crippen LogP contribution is 2.18. The van der Waals surface area contributed by atoms with Crippen LogP contribution in [0.15, 0.2) is 64.5 Å². The van der Waals surface area contributed by atoms with Crippen LogP contribution in [0.25, 0.3) is 6.08 Å². The van der Waals surface area contributed by atoms with E-state index in [1.807, 2.05) is 54.6 Å². The second-order valence-corrected chi connectivity index (χ2v) is 9.61. The maximum absolute atomic E-state index is 12.5. The molecule has 0 aliphatic carbocycles. The molecule has 1 fully saturated rings. The van der Waals surface area contributed by atoms with Crippen molar-refractivity contribution in [2.45, 2.75) is 6.10 Å². The van der Waals surface area contributed by atoms with Gasteiger partial charge in [0, 0.05) is 42.6 Å². The summed E-state index contributed by atoms with van der Waals surface area (Å²) in [6.07, 6.45) is 0.972. The number of hydrogen-bond donors (Lipinski definition) is 1. The molecule has 8 heteroatoms. The lowest BCUT2D eigenvalue weighted by molar-refractivity contribution is 0.0570. The summed E-state index contributed by atoms with van der Waals surface area (Å²) in [6.45, 7) is 2.59. The van der Waals surface area contributed by atoms with Crippen molar-refractivity contribution in [1.29, 1.82) is 0 Å². The summed E-state index contributed by atoms with van der Waals surface area (Å²) in [7, 11) is -3.45. The van der Waals surface area contributed by atoms with Gasteiger partial charge in [-0.1, -0.05) is 52.3 Å². The molecule has 1 aliphatic rings. The van der Waals surface area contributed by atoms with E-state index in [4.69, 9.17) is 4.74 Å². The molecule has 1 atom stereocenters. The van der Waals surface area contributed by atoms with E-state index in [1.165, 1.54) is 9.71 Å². The molecule has 0 spiro atoms. The van der Waals surface area contributed by atoms with Gasteiger partial charge in [-0.25, -0.2) is 8.42 Å². The van der Waals surface area contributed by atoms with Crippen LogP contribution in [0.5, 0.6) is 5.75 Å². The molecule has 1 unspecified atom stereocenters. The van der Waals surface area contributed by atoms with Crippen molar-refractivity contribution in [1.82, 2.24) is 9.21 Å². The van der Waals surface area contributed by atoms with Crippen LogP contribution in [0.3, 0.4) is 0 Å². The second kappa shape index (κ2) is 10.4. The number of halogens is 1. The highest BCUT2D eigenvalue weighted by atomic mass is 79.9. The number of hydrogen-bond acceptors (Lipinski definition) is 5. The van der Waals surface area contributed by atoms with Crippen molar-refractivity contribution in [3.8, 4) is 5.75 Å². The number of rotatable bonds is 8. The molecule has 0 saturated carbocycles. The number of benzene rings is 2. The Balaban J connectivity index is 1.44. The molecule has 2 aromatic rings. The van der Waals surface area contributed by atoms with E-state index >= 15 is 0 Å². The summed E-state index contributed by atoms with van der Waals surface area (Å²) >= 11 is 3.39.